The maximum atomic E-state index is 12.5. The molecule has 0 saturated carbocycles. The Bertz CT molecular complexity index is 964. The van der Waals surface area contributed by atoms with Crippen LogP contribution in [0.15, 0.2) is 47.4 Å². The van der Waals surface area contributed by atoms with E-state index in [9.17, 15) is 13.2 Å². The topological polar surface area (TPSA) is 75.3 Å². The molecule has 0 heterocycles. The summed E-state index contributed by atoms with van der Waals surface area (Å²) in [6, 6.07) is 13.4. The lowest BCUT2D eigenvalue weighted by Gasteiger charge is -2.23. The zero-order chi connectivity index (χ0) is 22.5. The predicted molar refractivity (Wildman–Crippen MR) is 123 cm³/mol. The van der Waals surface area contributed by atoms with Crippen LogP contribution >= 0.6 is 0 Å². The largest absolute Gasteiger partial charge is 0.325 e. The number of nitrogens with one attached hydrogen (secondary N) is 2. The van der Waals surface area contributed by atoms with Gasteiger partial charge in [0.25, 0.3) is 0 Å². The van der Waals surface area contributed by atoms with Crippen LogP contribution in [0, 0.1) is 18.8 Å². The molecule has 6 heteroatoms. The molecule has 0 aliphatic heterocycles. The number of benzene rings is 2. The average molecular weight is 431 g/mol. The van der Waals surface area contributed by atoms with Crippen LogP contribution in [0.2, 0.25) is 0 Å². The summed E-state index contributed by atoms with van der Waals surface area (Å²) in [7, 11) is -3.33. The molecule has 2 rings (SSSR count). The van der Waals surface area contributed by atoms with Crippen molar-refractivity contribution < 1.29 is 13.2 Å². The molecule has 1 unspecified atom stereocenters. The quantitative estimate of drug-likeness (QED) is 0.613. The number of anilines is 1. The van der Waals surface area contributed by atoms with Gasteiger partial charge in [-0.15, -0.1) is 0 Å². The van der Waals surface area contributed by atoms with Crippen molar-refractivity contribution in [1.82, 2.24) is 5.32 Å². The van der Waals surface area contributed by atoms with Crippen LogP contribution in [0.1, 0.15) is 50.4 Å². The fourth-order valence-corrected chi connectivity index (χ4v) is 4.08. The van der Waals surface area contributed by atoms with Gasteiger partial charge in [-0.3, -0.25) is 4.79 Å². The van der Waals surface area contributed by atoms with Gasteiger partial charge >= 0.3 is 0 Å². The van der Waals surface area contributed by atoms with Gasteiger partial charge < -0.3 is 10.6 Å². The summed E-state index contributed by atoms with van der Waals surface area (Å²) < 4.78 is 23.6. The second kappa shape index (κ2) is 10.2. The van der Waals surface area contributed by atoms with Gasteiger partial charge in [0.05, 0.1) is 11.4 Å². The maximum Gasteiger partial charge on any atom is 0.238 e. The molecular formula is C24H34N2O3S. The third-order valence-electron chi connectivity index (χ3n) is 5.04. The molecule has 0 saturated heterocycles. The van der Waals surface area contributed by atoms with Crippen LogP contribution in [0.4, 0.5) is 5.69 Å². The highest BCUT2D eigenvalue weighted by Gasteiger charge is 2.17. The number of amides is 1. The number of sulfone groups is 1. The number of rotatable bonds is 9. The first-order valence-corrected chi connectivity index (χ1v) is 12.3. The number of carbonyl (C=O) groups excluding carboxylic acids is 1. The summed E-state index contributed by atoms with van der Waals surface area (Å²) >= 11 is 0. The molecule has 164 valence electrons. The Kier molecular flexibility index (Phi) is 8.21. The first-order valence-electron chi connectivity index (χ1n) is 10.4. The molecule has 0 aromatic heterocycles. The van der Waals surface area contributed by atoms with Gasteiger partial charge in [0.15, 0.2) is 9.84 Å². The first kappa shape index (κ1) is 24.1. The van der Waals surface area contributed by atoms with E-state index in [0.717, 1.165) is 23.8 Å². The molecule has 0 fully saturated rings. The summed E-state index contributed by atoms with van der Waals surface area (Å²) in [6.07, 6.45) is 2.21. The normalized spacial score (nSPS) is 12.9. The average Bonchev–Trinajstić information content (AvgIpc) is 2.63. The third-order valence-corrected chi connectivity index (χ3v) is 6.15. The maximum absolute atomic E-state index is 12.5. The minimum absolute atomic E-state index is 0.0484. The van der Waals surface area contributed by atoms with E-state index in [4.69, 9.17) is 0 Å². The van der Waals surface area contributed by atoms with Crippen LogP contribution in [0.5, 0.6) is 0 Å². The number of carbonyl (C=O) groups is 1. The van der Waals surface area contributed by atoms with E-state index >= 15 is 0 Å². The Balaban J connectivity index is 2.06. The van der Waals surface area contributed by atoms with Gasteiger partial charge in [0.1, 0.15) is 0 Å². The lowest BCUT2D eigenvalue weighted by Crippen LogP contribution is -2.33. The second-order valence-electron chi connectivity index (χ2n) is 8.74. The Morgan fingerprint density at radius 3 is 2.17 bits per heavy atom. The highest BCUT2D eigenvalue weighted by molar-refractivity contribution is 7.90. The zero-order valence-electron chi connectivity index (χ0n) is 18.8. The molecule has 2 N–H and O–H groups in total. The molecule has 0 aliphatic rings. The van der Waals surface area contributed by atoms with Crippen molar-refractivity contribution >= 4 is 21.4 Å². The summed E-state index contributed by atoms with van der Waals surface area (Å²) in [4.78, 5) is 12.7. The van der Waals surface area contributed by atoms with E-state index in [1.54, 1.807) is 12.1 Å². The van der Waals surface area contributed by atoms with Crippen molar-refractivity contribution in [2.45, 2.75) is 52.0 Å². The van der Waals surface area contributed by atoms with Crippen LogP contribution in [0.25, 0.3) is 0 Å². The first-order chi connectivity index (χ1) is 14.0. The molecular weight excluding hydrogens is 396 g/mol. The number of hydrogen-bond donors (Lipinski definition) is 2. The van der Waals surface area contributed by atoms with E-state index < -0.39 is 9.84 Å². The molecule has 5 nitrogen and oxygen atoms in total. The van der Waals surface area contributed by atoms with E-state index in [0.29, 0.717) is 17.5 Å². The molecule has 0 bridgehead atoms. The van der Waals surface area contributed by atoms with Gasteiger partial charge in [0.2, 0.25) is 5.91 Å². The van der Waals surface area contributed by atoms with Gasteiger partial charge in [-0.25, -0.2) is 8.42 Å². The van der Waals surface area contributed by atoms with E-state index in [2.05, 4.69) is 62.6 Å². The minimum atomic E-state index is -3.33. The highest BCUT2D eigenvalue weighted by atomic mass is 32.2. The van der Waals surface area contributed by atoms with Crippen molar-refractivity contribution in [3.63, 3.8) is 0 Å². The van der Waals surface area contributed by atoms with Gasteiger partial charge in [0, 0.05) is 18.0 Å². The summed E-state index contributed by atoms with van der Waals surface area (Å²) in [5, 5.41) is 6.18. The van der Waals surface area contributed by atoms with Crippen molar-refractivity contribution in [2.24, 2.45) is 11.8 Å². The van der Waals surface area contributed by atoms with Crippen LogP contribution in [-0.4, -0.2) is 27.1 Å². The Morgan fingerprint density at radius 2 is 1.63 bits per heavy atom. The highest BCUT2D eigenvalue weighted by Crippen LogP contribution is 2.23. The van der Waals surface area contributed by atoms with Gasteiger partial charge in [-0.2, -0.15) is 0 Å². The molecule has 1 amide bonds. The summed E-state index contributed by atoms with van der Waals surface area (Å²) in [5.41, 5.74) is 3.80. The molecule has 1 atom stereocenters. The fourth-order valence-electron chi connectivity index (χ4n) is 3.43. The number of aryl methyl sites for hydroxylation is 1. The Labute approximate surface area is 181 Å². The SMILES string of the molecule is Cc1ccc(S(C)(=O)=O)cc1NC(=O)CNC(c1ccc(CC(C)C)cc1)C(C)C. The monoisotopic (exact) mass is 430 g/mol. The van der Waals surface area contributed by atoms with E-state index in [1.807, 2.05) is 6.92 Å². The predicted octanol–water partition coefficient (Wildman–Crippen LogP) is 4.52. The van der Waals surface area contributed by atoms with Crippen molar-refractivity contribution in [3.8, 4) is 0 Å². The van der Waals surface area contributed by atoms with Gasteiger partial charge in [-0.05, 0) is 54.0 Å². The lowest BCUT2D eigenvalue weighted by molar-refractivity contribution is -0.115. The standard InChI is InChI=1S/C24H34N2O3S/c1-16(2)13-19-8-10-20(11-9-19)24(17(3)4)25-15-23(27)26-22-14-21(30(6,28)29)12-7-18(22)5/h7-12,14,16-17,24-25H,13,15H2,1-6H3,(H,26,27). The Hall–Kier alpha value is -2.18. The molecule has 0 radical (unpaired) electrons. The molecule has 2 aromatic carbocycles. The van der Waals surface area contributed by atoms with Crippen molar-refractivity contribution in [2.75, 3.05) is 18.1 Å². The van der Waals surface area contributed by atoms with Crippen LogP contribution in [0.3, 0.4) is 0 Å². The molecule has 0 spiro atoms. The lowest BCUT2D eigenvalue weighted by atomic mass is 9.93. The Morgan fingerprint density at radius 1 is 1.00 bits per heavy atom. The van der Waals surface area contributed by atoms with Crippen LogP contribution < -0.4 is 10.6 Å². The molecule has 0 aliphatic carbocycles. The van der Waals surface area contributed by atoms with Crippen molar-refractivity contribution in [3.05, 3.63) is 59.2 Å². The molecule has 30 heavy (non-hydrogen) atoms. The zero-order valence-corrected chi connectivity index (χ0v) is 19.6. The van der Waals surface area contributed by atoms with E-state index in [-0.39, 0.29) is 23.4 Å². The van der Waals surface area contributed by atoms with E-state index in [1.165, 1.54) is 11.6 Å². The summed E-state index contributed by atoms with van der Waals surface area (Å²) in [6.45, 7) is 10.6. The third kappa shape index (κ3) is 6.96. The minimum Gasteiger partial charge on any atom is -0.325 e. The smallest absolute Gasteiger partial charge is 0.238 e. The summed E-state index contributed by atoms with van der Waals surface area (Å²) in [5.74, 6) is 0.720. The van der Waals surface area contributed by atoms with Crippen LogP contribution in [-0.2, 0) is 21.1 Å². The second-order valence-corrected chi connectivity index (χ2v) is 10.8. The molecule has 2 aromatic rings. The number of hydrogen-bond acceptors (Lipinski definition) is 4. The van der Waals surface area contributed by atoms with Crippen molar-refractivity contribution in [1.29, 1.82) is 0 Å². The fraction of sp³-hybridized carbons (Fsp3) is 0.458. The van der Waals surface area contributed by atoms with Gasteiger partial charge in [-0.1, -0.05) is 58.0 Å².